The standard InChI is InChI=1S/C24H25F3N6O2/c25-24(26,27)17-10-16(14-33-8-2-1-3-9-33)11-19(12-17)32-23(34)31-18-4-6-20(7-5-18)35-22-13-21(28)29-15-30-22/h4-7,10-13,15H,1-3,8-9,14H2,(H2,28,29,30)(H2,31,32,34). The number of benzene rings is 2. The number of carbonyl (C=O) groups excluding carboxylic acids is 1. The maximum absolute atomic E-state index is 13.5. The van der Waals surface area contributed by atoms with Gasteiger partial charge in [-0.3, -0.25) is 4.90 Å². The molecule has 0 spiro atoms. The van der Waals surface area contributed by atoms with Gasteiger partial charge >= 0.3 is 12.2 Å². The van der Waals surface area contributed by atoms with Crippen molar-refractivity contribution in [3.63, 3.8) is 0 Å². The van der Waals surface area contributed by atoms with Crippen molar-refractivity contribution in [2.24, 2.45) is 0 Å². The molecule has 0 radical (unpaired) electrons. The average molecular weight is 486 g/mol. The predicted octanol–water partition coefficient (Wildman–Crippen LogP) is 5.50. The summed E-state index contributed by atoms with van der Waals surface area (Å²) in [6, 6.07) is 10.9. The summed E-state index contributed by atoms with van der Waals surface area (Å²) in [6.45, 7) is 2.10. The first-order chi connectivity index (χ1) is 16.7. The minimum Gasteiger partial charge on any atom is -0.439 e. The lowest BCUT2D eigenvalue weighted by molar-refractivity contribution is -0.137. The number of rotatable bonds is 6. The Morgan fingerprint density at radius 3 is 2.37 bits per heavy atom. The maximum Gasteiger partial charge on any atom is 0.416 e. The number of aromatic nitrogens is 2. The van der Waals surface area contributed by atoms with Crippen molar-refractivity contribution in [3.05, 3.63) is 66.0 Å². The molecule has 0 unspecified atom stereocenters. The van der Waals surface area contributed by atoms with Crippen LogP contribution in [0.5, 0.6) is 11.6 Å². The highest BCUT2D eigenvalue weighted by Crippen LogP contribution is 2.32. The smallest absolute Gasteiger partial charge is 0.416 e. The molecule has 2 amide bonds. The summed E-state index contributed by atoms with van der Waals surface area (Å²) >= 11 is 0. The van der Waals surface area contributed by atoms with Crippen molar-refractivity contribution in [1.82, 2.24) is 14.9 Å². The molecule has 0 aliphatic carbocycles. The lowest BCUT2D eigenvalue weighted by Gasteiger charge is -2.27. The van der Waals surface area contributed by atoms with Crippen LogP contribution in [0.2, 0.25) is 0 Å². The largest absolute Gasteiger partial charge is 0.439 e. The fourth-order valence-corrected chi connectivity index (χ4v) is 3.82. The number of nitrogens with one attached hydrogen (secondary N) is 2. The van der Waals surface area contributed by atoms with Crippen molar-refractivity contribution in [3.8, 4) is 11.6 Å². The topological polar surface area (TPSA) is 105 Å². The van der Waals surface area contributed by atoms with Gasteiger partial charge in [-0.25, -0.2) is 14.8 Å². The highest BCUT2D eigenvalue weighted by molar-refractivity contribution is 5.99. The van der Waals surface area contributed by atoms with Crippen molar-refractivity contribution in [2.45, 2.75) is 32.0 Å². The van der Waals surface area contributed by atoms with Gasteiger partial charge in [-0.1, -0.05) is 6.42 Å². The molecule has 4 rings (SSSR count). The Morgan fingerprint density at radius 2 is 1.69 bits per heavy atom. The normalized spacial score (nSPS) is 14.4. The second-order valence-electron chi connectivity index (χ2n) is 8.24. The zero-order valence-corrected chi connectivity index (χ0v) is 18.8. The summed E-state index contributed by atoms with van der Waals surface area (Å²) in [5, 5.41) is 5.12. The quantitative estimate of drug-likeness (QED) is 0.425. The molecule has 2 aromatic carbocycles. The zero-order chi connectivity index (χ0) is 24.8. The van der Waals surface area contributed by atoms with E-state index in [9.17, 15) is 18.0 Å². The lowest BCUT2D eigenvalue weighted by Crippen LogP contribution is -2.29. The summed E-state index contributed by atoms with van der Waals surface area (Å²) in [5.41, 5.74) is 5.80. The Bertz CT molecular complexity index is 1160. The summed E-state index contributed by atoms with van der Waals surface area (Å²) in [4.78, 5) is 22.3. The molecular weight excluding hydrogens is 461 g/mol. The third-order valence-electron chi connectivity index (χ3n) is 5.43. The van der Waals surface area contributed by atoms with E-state index in [0.717, 1.165) is 44.5 Å². The molecule has 1 aliphatic heterocycles. The van der Waals surface area contributed by atoms with E-state index < -0.39 is 17.8 Å². The second-order valence-corrected chi connectivity index (χ2v) is 8.24. The zero-order valence-electron chi connectivity index (χ0n) is 18.8. The van der Waals surface area contributed by atoms with Gasteiger partial charge < -0.3 is 21.1 Å². The van der Waals surface area contributed by atoms with Gasteiger partial charge in [0.2, 0.25) is 5.88 Å². The molecule has 8 nitrogen and oxygen atoms in total. The summed E-state index contributed by atoms with van der Waals surface area (Å²) < 4.78 is 45.9. The Hall–Kier alpha value is -3.86. The van der Waals surface area contributed by atoms with E-state index in [4.69, 9.17) is 10.5 Å². The maximum atomic E-state index is 13.5. The molecule has 1 saturated heterocycles. The van der Waals surface area contributed by atoms with Crippen LogP contribution in [0.4, 0.5) is 35.2 Å². The van der Waals surface area contributed by atoms with Gasteiger partial charge in [0, 0.05) is 24.0 Å². The van der Waals surface area contributed by atoms with Crippen LogP contribution in [-0.4, -0.2) is 34.0 Å². The number of urea groups is 1. The van der Waals surface area contributed by atoms with E-state index in [2.05, 4.69) is 25.5 Å². The highest BCUT2D eigenvalue weighted by Gasteiger charge is 2.31. The number of hydrogen-bond acceptors (Lipinski definition) is 6. The molecule has 1 aliphatic rings. The van der Waals surface area contributed by atoms with E-state index in [1.54, 1.807) is 30.3 Å². The van der Waals surface area contributed by atoms with Crippen LogP contribution in [0.1, 0.15) is 30.4 Å². The third kappa shape index (κ3) is 7.06. The summed E-state index contributed by atoms with van der Waals surface area (Å²) in [6.07, 6.45) is -0.0487. The van der Waals surface area contributed by atoms with Gasteiger partial charge in [0.05, 0.1) is 5.56 Å². The van der Waals surface area contributed by atoms with Crippen LogP contribution < -0.4 is 21.1 Å². The number of amides is 2. The van der Waals surface area contributed by atoms with E-state index in [0.29, 0.717) is 23.5 Å². The van der Waals surface area contributed by atoms with Crippen LogP contribution in [0.25, 0.3) is 0 Å². The molecule has 184 valence electrons. The number of alkyl halides is 3. The monoisotopic (exact) mass is 486 g/mol. The molecule has 0 atom stereocenters. The molecule has 3 aromatic rings. The van der Waals surface area contributed by atoms with E-state index in [1.165, 1.54) is 12.4 Å². The highest BCUT2D eigenvalue weighted by atomic mass is 19.4. The van der Waals surface area contributed by atoms with Gasteiger partial charge in [-0.15, -0.1) is 0 Å². The fourth-order valence-electron chi connectivity index (χ4n) is 3.82. The first-order valence-electron chi connectivity index (χ1n) is 11.1. The molecule has 1 fully saturated rings. The summed E-state index contributed by atoms with van der Waals surface area (Å²) in [5.74, 6) is 0.980. The number of likely N-dealkylation sites (tertiary alicyclic amines) is 1. The molecule has 2 heterocycles. The fraction of sp³-hybridized carbons (Fsp3) is 0.292. The van der Waals surface area contributed by atoms with E-state index in [1.807, 2.05) is 0 Å². The predicted molar refractivity (Wildman–Crippen MR) is 126 cm³/mol. The Balaban J connectivity index is 1.41. The molecule has 0 bridgehead atoms. The van der Waals surface area contributed by atoms with Gasteiger partial charge in [0.1, 0.15) is 17.9 Å². The number of carbonyl (C=O) groups is 1. The van der Waals surface area contributed by atoms with E-state index in [-0.39, 0.29) is 17.4 Å². The van der Waals surface area contributed by atoms with Gasteiger partial charge in [0.25, 0.3) is 0 Å². The number of ether oxygens (including phenoxy) is 1. The molecular formula is C24H25F3N6O2. The van der Waals surface area contributed by atoms with Crippen molar-refractivity contribution >= 4 is 23.2 Å². The first-order valence-corrected chi connectivity index (χ1v) is 11.1. The Kier molecular flexibility index (Phi) is 7.35. The molecule has 35 heavy (non-hydrogen) atoms. The molecule has 4 N–H and O–H groups in total. The van der Waals surface area contributed by atoms with Crippen LogP contribution in [0, 0.1) is 0 Å². The van der Waals surface area contributed by atoms with E-state index >= 15 is 0 Å². The lowest BCUT2D eigenvalue weighted by atomic mass is 10.1. The number of hydrogen-bond donors (Lipinski definition) is 3. The SMILES string of the molecule is Nc1cc(Oc2ccc(NC(=O)Nc3cc(CN4CCCCC4)cc(C(F)(F)F)c3)cc2)ncn1. The van der Waals surface area contributed by atoms with Crippen molar-refractivity contribution in [1.29, 1.82) is 0 Å². The van der Waals surface area contributed by atoms with Crippen LogP contribution >= 0.6 is 0 Å². The van der Waals surface area contributed by atoms with Crippen LogP contribution in [-0.2, 0) is 12.7 Å². The number of nitrogens with zero attached hydrogens (tertiary/aromatic N) is 3. The Morgan fingerprint density at radius 1 is 0.971 bits per heavy atom. The average Bonchev–Trinajstić information content (AvgIpc) is 2.80. The number of halogens is 3. The second kappa shape index (κ2) is 10.6. The number of nitrogens with two attached hydrogens (primary N) is 1. The van der Waals surface area contributed by atoms with Crippen LogP contribution in [0.15, 0.2) is 54.9 Å². The minimum atomic E-state index is -4.52. The first kappa shape index (κ1) is 24.3. The molecule has 1 aromatic heterocycles. The summed E-state index contributed by atoms with van der Waals surface area (Å²) in [7, 11) is 0. The molecule has 11 heteroatoms. The Labute approximate surface area is 200 Å². The third-order valence-corrected chi connectivity index (χ3v) is 5.43. The minimum absolute atomic E-state index is 0.0747. The number of piperidine rings is 1. The van der Waals surface area contributed by atoms with Crippen molar-refractivity contribution < 1.29 is 22.7 Å². The van der Waals surface area contributed by atoms with Gasteiger partial charge in [-0.2, -0.15) is 13.2 Å². The van der Waals surface area contributed by atoms with Crippen molar-refractivity contribution in [2.75, 3.05) is 29.5 Å². The van der Waals surface area contributed by atoms with Gasteiger partial charge in [-0.05, 0) is 74.0 Å². The number of nitrogen functional groups attached to an aromatic ring is 1. The van der Waals surface area contributed by atoms with Crippen LogP contribution in [0.3, 0.4) is 0 Å². The van der Waals surface area contributed by atoms with Gasteiger partial charge in [0.15, 0.2) is 0 Å². The molecule has 0 saturated carbocycles. The number of anilines is 3.